The molecule has 0 aliphatic rings. The summed E-state index contributed by atoms with van der Waals surface area (Å²) < 4.78 is 0. The van der Waals surface area contributed by atoms with Crippen molar-refractivity contribution >= 4 is 0 Å². The maximum Gasteiger partial charge on any atom is 0.137 e. The molecule has 2 rings (SSSR count). The molecule has 2 N–H and O–H groups in total. The highest BCUT2D eigenvalue weighted by molar-refractivity contribution is 5.22. The number of H-pyrrole nitrogens is 1. The Hall–Kier alpha value is -1.68. The van der Waals surface area contributed by atoms with Crippen molar-refractivity contribution in [2.45, 2.75) is 26.3 Å². The molecule has 0 saturated heterocycles. The molecular formula is C13H18N4. The van der Waals surface area contributed by atoms with Gasteiger partial charge in [0.25, 0.3) is 0 Å². The van der Waals surface area contributed by atoms with Crippen LogP contribution in [0.5, 0.6) is 0 Å². The second-order valence-electron chi connectivity index (χ2n) is 4.03. The molecule has 0 unspecified atom stereocenters. The molecule has 1 heterocycles. The van der Waals surface area contributed by atoms with Crippen LogP contribution in [0.15, 0.2) is 30.6 Å². The third kappa shape index (κ3) is 3.67. The fraction of sp³-hybridized carbons (Fsp3) is 0.385. The normalized spacial score (nSPS) is 10.6. The van der Waals surface area contributed by atoms with E-state index in [0.29, 0.717) is 0 Å². The van der Waals surface area contributed by atoms with Crippen LogP contribution in [0.25, 0.3) is 0 Å². The molecule has 0 fully saturated rings. The van der Waals surface area contributed by atoms with Crippen LogP contribution in [0.4, 0.5) is 0 Å². The van der Waals surface area contributed by atoms with Crippen LogP contribution >= 0.6 is 0 Å². The monoisotopic (exact) mass is 230 g/mol. The minimum absolute atomic E-state index is 0.882. The van der Waals surface area contributed by atoms with Gasteiger partial charge in [-0.2, -0.15) is 5.10 Å². The molecule has 1 aromatic heterocycles. The van der Waals surface area contributed by atoms with Crippen LogP contribution in [0.3, 0.4) is 0 Å². The smallest absolute Gasteiger partial charge is 0.137 e. The molecule has 0 aliphatic carbocycles. The van der Waals surface area contributed by atoms with Crippen molar-refractivity contribution in [3.8, 4) is 0 Å². The molecule has 0 aliphatic heterocycles. The maximum atomic E-state index is 4.08. The Labute approximate surface area is 101 Å². The maximum absolute atomic E-state index is 4.08. The van der Waals surface area contributed by atoms with Gasteiger partial charge < -0.3 is 5.32 Å². The van der Waals surface area contributed by atoms with Gasteiger partial charge in [-0.05, 0) is 17.5 Å². The first-order chi connectivity index (χ1) is 8.38. The molecule has 90 valence electrons. The molecule has 1 aromatic carbocycles. The summed E-state index contributed by atoms with van der Waals surface area (Å²) in [6.45, 7) is 3.98. The van der Waals surface area contributed by atoms with E-state index in [9.17, 15) is 0 Å². The van der Waals surface area contributed by atoms with Gasteiger partial charge in [-0.3, -0.25) is 5.10 Å². The molecule has 0 amide bonds. The standard InChI is InChI=1S/C13H18N4/c1-2-11-3-5-12(6-4-11)9-14-8-7-13-15-10-16-17-13/h3-6,10,14H,2,7-9H2,1H3,(H,15,16,17). The summed E-state index contributed by atoms with van der Waals surface area (Å²) in [5.41, 5.74) is 2.70. The highest BCUT2D eigenvalue weighted by Crippen LogP contribution is 2.04. The summed E-state index contributed by atoms with van der Waals surface area (Å²) in [5.74, 6) is 0.929. The number of benzene rings is 1. The first-order valence-electron chi connectivity index (χ1n) is 6.01. The summed E-state index contributed by atoms with van der Waals surface area (Å²) in [4.78, 5) is 4.08. The number of aryl methyl sites for hydroxylation is 1. The van der Waals surface area contributed by atoms with E-state index in [1.807, 2.05) is 0 Å². The van der Waals surface area contributed by atoms with Crippen LogP contribution in [0.1, 0.15) is 23.9 Å². The Balaban J connectivity index is 1.70. The fourth-order valence-electron chi connectivity index (χ4n) is 1.68. The zero-order chi connectivity index (χ0) is 11.9. The molecule has 0 radical (unpaired) electrons. The van der Waals surface area contributed by atoms with Gasteiger partial charge in [0.2, 0.25) is 0 Å². The van der Waals surface area contributed by atoms with Gasteiger partial charge in [-0.1, -0.05) is 31.2 Å². The molecule has 0 spiro atoms. The van der Waals surface area contributed by atoms with Gasteiger partial charge >= 0.3 is 0 Å². The first-order valence-corrected chi connectivity index (χ1v) is 6.01. The molecule has 4 nitrogen and oxygen atoms in total. The summed E-state index contributed by atoms with van der Waals surface area (Å²) in [6, 6.07) is 8.74. The number of nitrogens with zero attached hydrogens (tertiary/aromatic N) is 2. The lowest BCUT2D eigenvalue weighted by Crippen LogP contribution is -2.17. The quantitative estimate of drug-likeness (QED) is 0.743. The van der Waals surface area contributed by atoms with E-state index < -0.39 is 0 Å². The molecule has 4 heteroatoms. The lowest BCUT2D eigenvalue weighted by atomic mass is 10.1. The van der Waals surface area contributed by atoms with Gasteiger partial charge in [0.05, 0.1) is 0 Å². The second-order valence-corrected chi connectivity index (χ2v) is 4.03. The molecule has 17 heavy (non-hydrogen) atoms. The van der Waals surface area contributed by atoms with E-state index in [4.69, 9.17) is 0 Å². The van der Waals surface area contributed by atoms with Crippen molar-refractivity contribution in [3.63, 3.8) is 0 Å². The molecular weight excluding hydrogens is 212 g/mol. The second kappa shape index (κ2) is 6.15. The van der Waals surface area contributed by atoms with Crippen LogP contribution in [0, 0.1) is 0 Å². The van der Waals surface area contributed by atoms with E-state index in [-0.39, 0.29) is 0 Å². The van der Waals surface area contributed by atoms with Gasteiger partial charge in [-0.15, -0.1) is 0 Å². The lowest BCUT2D eigenvalue weighted by Gasteiger charge is -2.04. The van der Waals surface area contributed by atoms with E-state index in [0.717, 1.165) is 31.8 Å². The Morgan fingerprint density at radius 2 is 1.94 bits per heavy atom. The largest absolute Gasteiger partial charge is 0.312 e. The highest BCUT2D eigenvalue weighted by atomic mass is 15.2. The van der Waals surface area contributed by atoms with Gasteiger partial charge in [0.1, 0.15) is 12.2 Å². The predicted octanol–water partition coefficient (Wildman–Crippen LogP) is 1.70. The SMILES string of the molecule is CCc1ccc(CNCCc2ncn[nH]2)cc1. The van der Waals surface area contributed by atoms with Crippen molar-refractivity contribution in [1.82, 2.24) is 20.5 Å². The average molecular weight is 230 g/mol. The average Bonchev–Trinajstić information content (AvgIpc) is 2.88. The highest BCUT2D eigenvalue weighted by Gasteiger charge is 1.96. The number of hydrogen-bond donors (Lipinski definition) is 2. The minimum atomic E-state index is 0.882. The number of nitrogens with one attached hydrogen (secondary N) is 2. The topological polar surface area (TPSA) is 53.6 Å². The van der Waals surface area contributed by atoms with Gasteiger partial charge in [-0.25, -0.2) is 4.98 Å². The van der Waals surface area contributed by atoms with Crippen LogP contribution in [-0.2, 0) is 19.4 Å². The minimum Gasteiger partial charge on any atom is -0.312 e. The van der Waals surface area contributed by atoms with Crippen LogP contribution in [0.2, 0.25) is 0 Å². The first kappa shape index (κ1) is 11.8. The van der Waals surface area contributed by atoms with Gasteiger partial charge in [0, 0.05) is 19.5 Å². The number of rotatable bonds is 6. The van der Waals surface area contributed by atoms with Crippen molar-refractivity contribution < 1.29 is 0 Å². The van der Waals surface area contributed by atoms with Crippen molar-refractivity contribution in [3.05, 3.63) is 47.5 Å². The summed E-state index contributed by atoms with van der Waals surface area (Å²) >= 11 is 0. The third-order valence-corrected chi connectivity index (χ3v) is 2.76. The number of hydrogen-bond acceptors (Lipinski definition) is 3. The van der Waals surface area contributed by atoms with Crippen molar-refractivity contribution in [2.24, 2.45) is 0 Å². The lowest BCUT2D eigenvalue weighted by molar-refractivity contribution is 0.671. The molecule has 0 atom stereocenters. The Morgan fingerprint density at radius 1 is 1.18 bits per heavy atom. The summed E-state index contributed by atoms with van der Waals surface area (Å²) in [7, 11) is 0. The zero-order valence-corrected chi connectivity index (χ0v) is 10.1. The number of aromatic amines is 1. The number of aromatic nitrogens is 3. The van der Waals surface area contributed by atoms with Crippen LogP contribution in [-0.4, -0.2) is 21.7 Å². The predicted molar refractivity (Wildman–Crippen MR) is 67.6 cm³/mol. The zero-order valence-electron chi connectivity index (χ0n) is 10.1. The van der Waals surface area contributed by atoms with E-state index in [2.05, 4.69) is 51.7 Å². The Kier molecular flexibility index (Phi) is 4.27. The Morgan fingerprint density at radius 3 is 2.59 bits per heavy atom. The van der Waals surface area contributed by atoms with E-state index in [1.54, 1.807) is 6.33 Å². The van der Waals surface area contributed by atoms with E-state index in [1.165, 1.54) is 11.1 Å². The summed E-state index contributed by atoms with van der Waals surface area (Å²) in [6.07, 6.45) is 3.52. The molecule has 0 saturated carbocycles. The van der Waals surface area contributed by atoms with E-state index >= 15 is 0 Å². The molecule has 0 bridgehead atoms. The Bertz CT molecular complexity index is 419. The van der Waals surface area contributed by atoms with Crippen molar-refractivity contribution in [2.75, 3.05) is 6.54 Å². The van der Waals surface area contributed by atoms with Crippen molar-refractivity contribution in [1.29, 1.82) is 0 Å². The molecule has 2 aromatic rings. The third-order valence-electron chi connectivity index (χ3n) is 2.76. The van der Waals surface area contributed by atoms with Gasteiger partial charge in [0.15, 0.2) is 0 Å². The fourth-order valence-corrected chi connectivity index (χ4v) is 1.68. The summed E-state index contributed by atoms with van der Waals surface area (Å²) in [5, 5.41) is 10.1. The van der Waals surface area contributed by atoms with Crippen LogP contribution < -0.4 is 5.32 Å².